The second kappa shape index (κ2) is 18.4. The first kappa shape index (κ1) is 44.6. The lowest BCUT2D eigenvalue weighted by Gasteiger charge is -2.34. The molecule has 0 aliphatic carbocycles. The van der Waals surface area contributed by atoms with E-state index < -0.39 is 41.3 Å². The molecule has 18 heteroatoms. The molecule has 16 nitrogen and oxygen atoms in total. The molecule has 5 aliphatic heterocycles. The van der Waals surface area contributed by atoms with Gasteiger partial charge in [-0.1, -0.05) is 30.9 Å². The van der Waals surface area contributed by atoms with Crippen molar-refractivity contribution < 1.29 is 42.6 Å². The van der Waals surface area contributed by atoms with Gasteiger partial charge in [0, 0.05) is 73.9 Å². The monoisotopic (exact) mass is 925 g/mol. The van der Waals surface area contributed by atoms with Gasteiger partial charge in [0.25, 0.3) is 11.8 Å². The molecule has 5 aromatic rings. The zero-order chi connectivity index (χ0) is 47.2. The number of aromatic hydroxyl groups is 1. The number of ether oxygens (including phenoxy) is 1. The number of phenolic OH excluding ortho intramolecular Hbond substituents is 1. The molecule has 0 spiro atoms. The fourth-order valence-corrected chi connectivity index (χ4v) is 10.5. The van der Waals surface area contributed by atoms with Crippen LogP contribution in [-0.2, 0) is 14.4 Å². The molecule has 0 saturated carbocycles. The summed E-state index contributed by atoms with van der Waals surface area (Å²) < 4.78 is 38.3. The molecule has 350 valence electrons. The summed E-state index contributed by atoms with van der Waals surface area (Å²) in [6.07, 6.45) is 14.2. The van der Waals surface area contributed by atoms with Crippen LogP contribution in [0, 0.1) is 24.0 Å². The summed E-state index contributed by atoms with van der Waals surface area (Å²) >= 11 is 0. The van der Waals surface area contributed by atoms with Gasteiger partial charge in [-0.15, -0.1) is 6.42 Å². The van der Waals surface area contributed by atoms with Crippen LogP contribution in [0.15, 0.2) is 48.7 Å². The van der Waals surface area contributed by atoms with Crippen LogP contribution in [0.2, 0.25) is 0 Å². The van der Waals surface area contributed by atoms with Gasteiger partial charge in [0.1, 0.15) is 41.2 Å². The molecule has 4 N–H and O–H groups in total. The third kappa shape index (κ3) is 8.29. The Hall–Kier alpha value is -7.26. The predicted molar refractivity (Wildman–Crippen MR) is 247 cm³/mol. The van der Waals surface area contributed by atoms with Crippen molar-refractivity contribution in [2.75, 3.05) is 43.0 Å². The number of piperazine rings is 1. The van der Waals surface area contributed by atoms with Crippen LogP contribution in [0.3, 0.4) is 0 Å². The van der Waals surface area contributed by atoms with Crippen LogP contribution < -0.4 is 25.6 Å². The zero-order valence-electron chi connectivity index (χ0n) is 37.2. The van der Waals surface area contributed by atoms with Gasteiger partial charge in [0.2, 0.25) is 17.7 Å². The van der Waals surface area contributed by atoms with Crippen molar-refractivity contribution in [1.82, 2.24) is 35.4 Å². The van der Waals surface area contributed by atoms with Crippen LogP contribution >= 0.6 is 0 Å². The molecule has 3 aromatic carbocycles. The smallest absolute Gasteiger partial charge is 0.319 e. The molecule has 4 saturated heterocycles. The van der Waals surface area contributed by atoms with Gasteiger partial charge in [-0.25, -0.2) is 8.78 Å². The van der Waals surface area contributed by atoms with Crippen molar-refractivity contribution in [2.24, 2.45) is 0 Å². The van der Waals surface area contributed by atoms with E-state index in [9.17, 15) is 33.5 Å². The number of phenols is 1. The molecule has 0 radical (unpaired) electrons. The largest absolute Gasteiger partial charge is 0.508 e. The Morgan fingerprint density at radius 1 is 0.956 bits per heavy atom. The third-order valence-corrected chi connectivity index (χ3v) is 13.8. The number of pyridine rings is 1. The quantitative estimate of drug-likeness (QED) is 0.0612. The second-order valence-electron chi connectivity index (χ2n) is 18.2. The number of nitrogens with zero attached hydrogens (tertiary/aromatic N) is 6. The Morgan fingerprint density at radius 2 is 1.76 bits per heavy atom. The minimum absolute atomic E-state index is 0.0112. The van der Waals surface area contributed by atoms with E-state index in [1.807, 2.05) is 4.90 Å². The number of carbonyl (C=O) groups is 5. The number of likely N-dealkylation sites (tertiary alicyclic amines) is 1. The number of anilines is 2. The van der Waals surface area contributed by atoms with Crippen LogP contribution in [0.1, 0.15) is 96.9 Å². The van der Waals surface area contributed by atoms with Gasteiger partial charge in [-0.05, 0) is 80.7 Å². The van der Waals surface area contributed by atoms with Crippen molar-refractivity contribution in [3.05, 3.63) is 77.0 Å². The van der Waals surface area contributed by atoms with Crippen LogP contribution in [0.25, 0.3) is 32.9 Å². The number of aromatic nitrogens is 3. The van der Waals surface area contributed by atoms with E-state index in [0.717, 1.165) is 43.4 Å². The van der Waals surface area contributed by atoms with Gasteiger partial charge >= 0.3 is 6.01 Å². The van der Waals surface area contributed by atoms with Gasteiger partial charge in [0.15, 0.2) is 5.82 Å². The van der Waals surface area contributed by atoms with Gasteiger partial charge in [-0.3, -0.25) is 39.2 Å². The number of benzene rings is 3. The first-order chi connectivity index (χ1) is 33.0. The summed E-state index contributed by atoms with van der Waals surface area (Å²) in [5.74, 6) is -1.01. The van der Waals surface area contributed by atoms with Crippen molar-refractivity contribution >= 4 is 62.7 Å². The number of hydrogen-bond acceptors (Lipinski definition) is 13. The summed E-state index contributed by atoms with van der Waals surface area (Å²) in [5.41, 5.74) is 0.727. The molecule has 2 bridgehead atoms. The molecule has 4 fully saturated rings. The first-order valence-corrected chi connectivity index (χ1v) is 23.3. The number of rotatable bonds is 14. The van der Waals surface area contributed by atoms with E-state index in [1.165, 1.54) is 30.5 Å². The average molecular weight is 926 g/mol. The lowest BCUT2D eigenvalue weighted by atomic mass is 9.96. The molecule has 5 aliphatic rings. The van der Waals surface area contributed by atoms with Crippen molar-refractivity contribution in [1.29, 1.82) is 0 Å². The minimum Gasteiger partial charge on any atom is -0.508 e. The Balaban J connectivity index is 0.782. The summed E-state index contributed by atoms with van der Waals surface area (Å²) in [5, 5.41) is 20.8. The number of amides is 5. The Labute approximate surface area is 389 Å². The standard InChI is InChI=1S/C50H49F2N9O7/c1-2-32-36(51)16-13-27-21-31(62)22-34(41(27)32)44-43(52)45-35(23-54-44)46(59-24-28-14-15-29(25-59)55-28)58-50(57-45)68-26-30-9-8-20-60(30)40(64)12-5-3-4-6-19-53-37-11-7-10-33-42(37)49(67)61(48(33)66)38-17-18-39(63)56-47(38)65/h1,7,10-11,13,16,21-23,28-30,38,53,55,62H,3-6,8-9,12,14-15,17-20,24-26H2,(H,56,63,65)/t28?,29?,30-,38?/m1/s1. The van der Waals surface area contributed by atoms with Gasteiger partial charge in [-0.2, -0.15) is 9.97 Å². The van der Waals surface area contributed by atoms with Crippen molar-refractivity contribution in [3.63, 3.8) is 0 Å². The normalized spacial score (nSPS) is 21.2. The maximum Gasteiger partial charge on any atom is 0.319 e. The summed E-state index contributed by atoms with van der Waals surface area (Å²) in [7, 11) is 0. The number of unbranched alkanes of at least 4 members (excludes halogenated alkanes) is 3. The number of piperidine rings is 1. The summed E-state index contributed by atoms with van der Waals surface area (Å²) in [6, 6.07) is 9.51. The molecule has 7 heterocycles. The predicted octanol–water partition coefficient (Wildman–Crippen LogP) is 5.58. The number of imide groups is 2. The minimum atomic E-state index is -1.04. The van der Waals surface area contributed by atoms with Crippen molar-refractivity contribution in [3.8, 4) is 35.4 Å². The van der Waals surface area contributed by atoms with Crippen LogP contribution in [-0.4, -0.2) is 116 Å². The van der Waals surface area contributed by atoms with E-state index in [0.29, 0.717) is 67.7 Å². The first-order valence-electron chi connectivity index (χ1n) is 23.3. The molecular formula is C50H49F2N9O7. The van der Waals surface area contributed by atoms with E-state index in [2.05, 4.69) is 36.7 Å². The second-order valence-corrected chi connectivity index (χ2v) is 18.2. The number of terminal acetylenes is 1. The molecule has 10 rings (SSSR count). The average Bonchev–Trinajstić information content (AvgIpc) is 4.02. The number of fused-ring (bicyclic) bond motifs is 5. The Morgan fingerprint density at radius 3 is 2.56 bits per heavy atom. The topological polar surface area (TPSA) is 199 Å². The van der Waals surface area contributed by atoms with E-state index >= 15 is 4.39 Å². The van der Waals surface area contributed by atoms with Crippen LogP contribution in [0.4, 0.5) is 20.3 Å². The maximum absolute atomic E-state index is 17.0. The maximum atomic E-state index is 17.0. The highest BCUT2D eigenvalue weighted by molar-refractivity contribution is 6.25. The third-order valence-electron chi connectivity index (χ3n) is 13.8. The molecular weight excluding hydrogens is 877 g/mol. The lowest BCUT2D eigenvalue weighted by molar-refractivity contribution is -0.136. The fourth-order valence-electron chi connectivity index (χ4n) is 10.5. The number of halogens is 2. The van der Waals surface area contributed by atoms with E-state index in [4.69, 9.17) is 16.1 Å². The van der Waals surface area contributed by atoms with Crippen molar-refractivity contribution in [2.45, 2.75) is 94.8 Å². The number of hydrogen-bond donors (Lipinski definition) is 4. The van der Waals surface area contributed by atoms with Gasteiger partial charge < -0.3 is 30.3 Å². The zero-order valence-corrected chi connectivity index (χ0v) is 37.2. The highest BCUT2D eigenvalue weighted by Crippen LogP contribution is 2.40. The summed E-state index contributed by atoms with van der Waals surface area (Å²) in [6.45, 7) is 2.47. The van der Waals surface area contributed by atoms with Gasteiger partial charge in [0.05, 0.1) is 28.1 Å². The highest BCUT2D eigenvalue weighted by Gasteiger charge is 2.45. The molecule has 2 aromatic heterocycles. The Bertz CT molecular complexity index is 2950. The fraction of sp³-hybridized carbons (Fsp3) is 0.400. The molecule has 4 atom stereocenters. The van der Waals surface area contributed by atoms with E-state index in [-0.39, 0.29) is 94.1 Å². The molecule has 3 unspecified atom stereocenters. The summed E-state index contributed by atoms with van der Waals surface area (Å²) in [4.78, 5) is 83.2. The molecule has 68 heavy (non-hydrogen) atoms. The number of carbonyl (C=O) groups excluding carboxylic acids is 5. The van der Waals surface area contributed by atoms with Crippen LogP contribution in [0.5, 0.6) is 11.8 Å². The van der Waals surface area contributed by atoms with E-state index in [1.54, 1.807) is 18.2 Å². The Kier molecular flexibility index (Phi) is 12.1. The lowest BCUT2D eigenvalue weighted by Crippen LogP contribution is -2.54. The SMILES string of the molecule is C#Cc1c(F)ccc2cc(O)cc(-c3ncc4c(N5CC6CCC(C5)N6)nc(OC[C@H]5CCCN5C(=O)CCCCCCNc5cccc6c5C(=O)N(C5CCC(=O)NC5=O)C6=O)nc4c3F)c12. The number of nitrogens with one attached hydrogen (secondary N) is 3. The highest BCUT2D eigenvalue weighted by atomic mass is 19.1. The molecule has 5 amide bonds.